The average molecular weight is 370 g/mol. The minimum absolute atomic E-state index is 0.289. The van der Waals surface area contributed by atoms with E-state index in [9.17, 15) is 4.39 Å². The lowest BCUT2D eigenvalue weighted by molar-refractivity contribution is 0.213. The minimum atomic E-state index is -0.289. The van der Waals surface area contributed by atoms with Gasteiger partial charge in [0, 0.05) is 19.2 Å². The van der Waals surface area contributed by atoms with Gasteiger partial charge < -0.3 is 9.64 Å². The molecule has 1 aliphatic rings. The van der Waals surface area contributed by atoms with Crippen LogP contribution >= 0.6 is 0 Å². The third kappa shape index (κ3) is 3.70. The van der Waals surface area contributed by atoms with E-state index in [1.165, 1.54) is 6.33 Å². The quantitative estimate of drug-likeness (QED) is 0.688. The summed E-state index contributed by atoms with van der Waals surface area (Å²) in [5.74, 6) is 1.14. The molecule has 0 bridgehead atoms. The number of aryl methyl sites for hydroxylation is 2. The molecule has 0 unspecified atom stereocenters. The van der Waals surface area contributed by atoms with Gasteiger partial charge in [0.15, 0.2) is 17.3 Å². The lowest BCUT2D eigenvalue weighted by Gasteiger charge is -2.32. The smallest absolute Gasteiger partial charge is 0.231 e. The van der Waals surface area contributed by atoms with Gasteiger partial charge in [0.05, 0.1) is 24.2 Å². The van der Waals surface area contributed by atoms with Crippen molar-refractivity contribution in [2.45, 2.75) is 33.1 Å². The number of piperidine rings is 1. The molecular weight excluding hydrogens is 347 g/mol. The van der Waals surface area contributed by atoms with Crippen molar-refractivity contribution in [3.63, 3.8) is 0 Å². The summed E-state index contributed by atoms with van der Waals surface area (Å²) in [7, 11) is 0. The molecule has 1 aliphatic heterocycles. The number of hydrogen-bond donors (Lipinski definition) is 0. The number of imidazole rings is 1. The fourth-order valence-corrected chi connectivity index (χ4v) is 3.44. The summed E-state index contributed by atoms with van der Waals surface area (Å²) in [5, 5.41) is 4.43. The maximum Gasteiger partial charge on any atom is 0.231 e. The van der Waals surface area contributed by atoms with Gasteiger partial charge in [-0.25, -0.2) is 23.9 Å². The van der Waals surface area contributed by atoms with E-state index in [2.05, 4.69) is 20.1 Å². The van der Waals surface area contributed by atoms with Gasteiger partial charge in [-0.3, -0.25) is 0 Å². The number of anilines is 1. The van der Waals surface area contributed by atoms with Crippen molar-refractivity contribution in [3.8, 4) is 5.88 Å². The molecule has 0 radical (unpaired) electrons. The summed E-state index contributed by atoms with van der Waals surface area (Å²) in [6.45, 7) is 5.96. The van der Waals surface area contributed by atoms with E-state index in [4.69, 9.17) is 4.74 Å². The Labute approximate surface area is 157 Å². The number of fused-ring (bicyclic) bond motifs is 1. The Hall–Kier alpha value is -2.77. The largest absolute Gasteiger partial charge is 0.476 e. The first-order chi connectivity index (χ1) is 13.1. The van der Waals surface area contributed by atoms with Crippen LogP contribution in [-0.2, 0) is 6.42 Å². The van der Waals surface area contributed by atoms with E-state index in [-0.39, 0.29) is 5.82 Å². The molecule has 8 heteroatoms. The van der Waals surface area contributed by atoms with Gasteiger partial charge in [-0.1, -0.05) is 6.92 Å². The third-order valence-electron chi connectivity index (χ3n) is 4.98. The van der Waals surface area contributed by atoms with E-state index in [0.29, 0.717) is 36.3 Å². The maximum atomic E-state index is 14.4. The average Bonchev–Trinajstić information content (AvgIpc) is 3.06. The van der Waals surface area contributed by atoms with E-state index < -0.39 is 0 Å². The predicted molar refractivity (Wildman–Crippen MR) is 99.5 cm³/mol. The lowest BCUT2D eigenvalue weighted by Crippen LogP contribution is -2.36. The van der Waals surface area contributed by atoms with Gasteiger partial charge >= 0.3 is 0 Å². The van der Waals surface area contributed by atoms with Crippen LogP contribution in [0.1, 0.15) is 31.2 Å². The van der Waals surface area contributed by atoms with Crippen molar-refractivity contribution in [2.24, 2.45) is 5.92 Å². The summed E-state index contributed by atoms with van der Waals surface area (Å²) < 4.78 is 22.1. The highest BCUT2D eigenvalue weighted by Gasteiger charge is 2.24. The summed E-state index contributed by atoms with van der Waals surface area (Å²) in [5.41, 5.74) is 2.21. The molecule has 3 aromatic heterocycles. The minimum Gasteiger partial charge on any atom is -0.476 e. The highest BCUT2D eigenvalue weighted by atomic mass is 19.1. The SMILES string of the molecule is CCc1ncnc(N2CCC(COc3ccc4nc(C)cn4n3)CC2)c1F. The van der Waals surface area contributed by atoms with Crippen molar-refractivity contribution in [3.05, 3.63) is 41.9 Å². The molecule has 7 nitrogen and oxygen atoms in total. The molecule has 0 spiro atoms. The van der Waals surface area contributed by atoms with Crippen molar-refractivity contribution in [2.75, 3.05) is 24.6 Å². The fourth-order valence-electron chi connectivity index (χ4n) is 3.44. The molecule has 4 rings (SSSR count). The van der Waals surface area contributed by atoms with Crippen molar-refractivity contribution < 1.29 is 9.13 Å². The molecule has 27 heavy (non-hydrogen) atoms. The van der Waals surface area contributed by atoms with E-state index in [0.717, 1.165) is 37.3 Å². The molecule has 1 fully saturated rings. The highest BCUT2D eigenvalue weighted by molar-refractivity contribution is 5.41. The number of aromatic nitrogens is 5. The zero-order valence-corrected chi connectivity index (χ0v) is 15.6. The Morgan fingerprint density at radius 3 is 2.81 bits per heavy atom. The third-order valence-corrected chi connectivity index (χ3v) is 4.98. The van der Waals surface area contributed by atoms with Crippen LogP contribution < -0.4 is 9.64 Å². The Morgan fingerprint density at radius 1 is 1.22 bits per heavy atom. The maximum absolute atomic E-state index is 14.4. The van der Waals surface area contributed by atoms with Gasteiger partial charge in [0.1, 0.15) is 6.33 Å². The van der Waals surface area contributed by atoms with Crippen LogP contribution in [0.25, 0.3) is 5.65 Å². The van der Waals surface area contributed by atoms with E-state index >= 15 is 0 Å². The van der Waals surface area contributed by atoms with Gasteiger partial charge in [-0.15, -0.1) is 5.10 Å². The molecule has 0 amide bonds. The Morgan fingerprint density at radius 2 is 2.04 bits per heavy atom. The second-order valence-corrected chi connectivity index (χ2v) is 6.91. The summed E-state index contributed by atoms with van der Waals surface area (Å²) in [4.78, 5) is 14.5. The highest BCUT2D eigenvalue weighted by Crippen LogP contribution is 2.25. The first kappa shape index (κ1) is 17.6. The molecule has 0 N–H and O–H groups in total. The first-order valence-corrected chi connectivity index (χ1v) is 9.34. The van der Waals surface area contributed by atoms with E-state index in [1.807, 2.05) is 37.1 Å². The number of rotatable bonds is 5. The summed E-state index contributed by atoms with van der Waals surface area (Å²) in [6, 6.07) is 3.75. The van der Waals surface area contributed by atoms with Crippen LogP contribution in [-0.4, -0.2) is 44.3 Å². The summed E-state index contributed by atoms with van der Waals surface area (Å²) in [6.07, 6.45) is 5.75. The standard InChI is InChI=1S/C19H23FN6O/c1-3-15-18(20)19(22-12-21-15)25-8-6-14(7-9-25)11-27-17-5-4-16-23-13(2)10-26(16)24-17/h4-5,10,12,14H,3,6-9,11H2,1-2H3. The Balaban J connectivity index is 1.34. The monoisotopic (exact) mass is 370 g/mol. The van der Waals surface area contributed by atoms with Crippen molar-refractivity contribution >= 4 is 11.5 Å². The zero-order valence-electron chi connectivity index (χ0n) is 15.6. The van der Waals surface area contributed by atoms with Crippen LogP contribution in [0.3, 0.4) is 0 Å². The fraction of sp³-hybridized carbons (Fsp3) is 0.474. The van der Waals surface area contributed by atoms with Gasteiger partial charge in [-0.2, -0.15) is 0 Å². The molecule has 0 aliphatic carbocycles. The topological polar surface area (TPSA) is 68.4 Å². The molecule has 0 atom stereocenters. The molecule has 0 aromatic carbocycles. The zero-order chi connectivity index (χ0) is 18.8. The Bertz CT molecular complexity index is 935. The second kappa shape index (κ2) is 7.46. The number of hydrogen-bond acceptors (Lipinski definition) is 6. The molecular formula is C19H23FN6O. The number of halogens is 1. The normalized spacial score (nSPS) is 15.4. The van der Waals surface area contributed by atoms with Crippen LogP contribution in [0, 0.1) is 18.7 Å². The second-order valence-electron chi connectivity index (χ2n) is 6.91. The van der Waals surface area contributed by atoms with Crippen LogP contribution in [0.5, 0.6) is 5.88 Å². The van der Waals surface area contributed by atoms with Gasteiger partial charge in [0.25, 0.3) is 0 Å². The molecule has 142 valence electrons. The Kier molecular flexibility index (Phi) is 4.87. The van der Waals surface area contributed by atoms with E-state index in [1.54, 1.807) is 4.52 Å². The molecule has 1 saturated heterocycles. The molecule has 3 aromatic rings. The summed E-state index contributed by atoms with van der Waals surface area (Å²) >= 11 is 0. The number of nitrogens with zero attached hydrogens (tertiary/aromatic N) is 6. The van der Waals surface area contributed by atoms with Gasteiger partial charge in [-0.05, 0) is 38.2 Å². The van der Waals surface area contributed by atoms with Crippen LogP contribution in [0.4, 0.5) is 10.2 Å². The number of ether oxygens (including phenoxy) is 1. The lowest BCUT2D eigenvalue weighted by atomic mass is 9.98. The van der Waals surface area contributed by atoms with Crippen molar-refractivity contribution in [1.29, 1.82) is 0 Å². The first-order valence-electron chi connectivity index (χ1n) is 9.34. The predicted octanol–water partition coefficient (Wildman–Crippen LogP) is 2.82. The van der Waals surface area contributed by atoms with Crippen LogP contribution in [0.15, 0.2) is 24.7 Å². The van der Waals surface area contributed by atoms with Crippen LogP contribution in [0.2, 0.25) is 0 Å². The van der Waals surface area contributed by atoms with Gasteiger partial charge in [0.2, 0.25) is 5.88 Å². The molecule has 4 heterocycles. The molecule has 0 saturated carbocycles. The van der Waals surface area contributed by atoms with Crippen molar-refractivity contribution in [1.82, 2.24) is 24.6 Å².